The topological polar surface area (TPSA) is 166 Å². The molecule has 15 heteroatoms. The Bertz CT molecular complexity index is 1160. The van der Waals surface area contributed by atoms with Crippen molar-refractivity contribution in [1.82, 2.24) is 14.9 Å². The highest BCUT2D eigenvalue weighted by molar-refractivity contribution is 5.63. The van der Waals surface area contributed by atoms with Gasteiger partial charge in [-0.2, -0.15) is 13.2 Å². The summed E-state index contributed by atoms with van der Waals surface area (Å²) in [7, 11) is 0. The zero-order valence-corrected chi connectivity index (χ0v) is 16.1. The van der Waals surface area contributed by atoms with Crippen molar-refractivity contribution in [3.05, 3.63) is 81.6 Å². The van der Waals surface area contributed by atoms with Gasteiger partial charge in [0.1, 0.15) is 11.7 Å². The van der Waals surface area contributed by atoms with Crippen LogP contribution in [0.15, 0.2) is 65.9 Å². The molecule has 1 aromatic heterocycles. The number of nitro benzene ring substituents is 1. The Morgan fingerprint density at radius 1 is 1.21 bits per heavy atom. The number of carbonyl (C=O) groups is 2. The highest BCUT2D eigenvalue weighted by Crippen LogP contribution is 2.44. The molecule has 0 saturated heterocycles. The summed E-state index contributed by atoms with van der Waals surface area (Å²) >= 11 is 0. The smallest absolute Gasteiger partial charge is 0.449 e. The molecule has 0 spiro atoms. The van der Waals surface area contributed by atoms with Gasteiger partial charge in [0.25, 0.3) is 5.69 Å². The Balaban J connectivity index is 2.30. The van der Waals surface area contributed by atoms with Crippen molar-refractivity contribution in [2.24, 2.45) is 0 Å². The summed E-state index contributed by atoms with van der Waals surface area (Å²) in [6.07, 6.45) is -5.31. The lowest BCUT2D eigenvalue weighted by atomic mass is 9.89. The molecule has 0 saturated carbocycles. The summed E-state index contributed by atoms with van der Waals surface area (Å²) in [6.45, 7) is -0.395. The van der Waals surface area contributed by atoms with E-state index in [2.05, 4.69) is 9.72 Å². The highest BCUT2D eigenvalue weighted by Gasteiger charge is 2.47. The fraction of sp³-hybridized carbons (Fsp3) is 0.167. The molecule has 0 bridgehead atoms. The van der Waals surface area contributed by atoms with Gasteiger partial charge < -0.3 is 29.6 Å². The molecule has 3 rings (SSSR count). The Morgan fingerprint density at radius 2 is 1.88 bits per heavy atom. The standard InChI is InChI=1S/C18H13F3N4O8/c19-18(20,21)15-14(33-17(28)29)12(9-2-1-3-10(6-9)25(30)31)13(32-16(26)27)11(23-15)7-24-5-4-22-8-24/h1-6,8,12,23H,7H2,(H,26,27)(H,28,29). The number of aromatic nitrogens is 2. The van der Waals surface area contributed by atoms with Gasteiger partial charge in [0.2, 0.25) is 0 Å². The molecule has 1 aromatic carbocycles. The summed E-state index contributed by atoms with van der Waals surface area (Å²) in [5.41, 5.74) is -2.88. The van der Waals surface area contributed by atoms with Gasteiger partial charge in [-0.1, -0.05) is 12.1 Å². The molecule has 0 fully saturated rings. The van der Waals surface area contributed by atoms with Crippen molar-refractivity contribution >= 4 is 18.0 Å². The molecule has 3 N–H and O–H groups in total. The number of imidazole rings is 1. The van der Waals surface area contributed by atoms with Gasteiger partial charge >= 0.3 is 18.5 Å². The number of dihydropyridines is 1. The third kappa shape index (κ3) is 5.20. The van der Waals surface area contributed by atoms with E-state index in [1.807, 2.05) is 5.32 Å². The normalized spacial score (nSPS) is 16.3. The van der Waals surface area contributed by atoms with Crippen LogP contribution in [0.25, 0.3) is 0 Å². The molecule has 1 atom stereocenters. The number of allylic oxidation sites excluding steroid dienone is 2. The maximum absolute atomic E-state index is 13.9. The molecule has 0 aliphatic carbocycles. The molecule has 1 aliphatic heterocycles. The number of nitrogens with zero attached hydrogens (tertiary/aromatic N) is 3. The Labute approximate surface area is 181 Å². The quantitative estimate of drug-likeness (QED) is 0.323. The lowest BCUT2D eigenvalue weighted by Crippen LogP contribution is -2.37. The first-order valence-corrected chi connectivity index (χ1v) is 8.80. The lowest BCUT2D eigenvalue weighted by Gasteiger charge is -2.32. The number of halogens is 3. The number of carboxylic acid groups (broad SMARTS) is 2. The molecule has 0 radical (unpaired) electrons. The molecular formula is C18H13F3N4O8. The largest absolute Gasteiger partial charge is 0.511 e. The number of non-ortho nitro benzene ring substituents is 1. The minimum atomic E-state index is -5.18. The predicted molar refractivity (Wildman–Crippen MR) is 99.5 cm³/mol. The summed E-state index contributed by atoms with van der Waals surface area (Å²) in [5, 5.41) is 31.4. The fourth-order valence-electron chi connectivity index (χ4n) is 3.14. The third-order valence-electron chi connectivity index (χ3n) is 4.34. The van der Waals surface area contributed by atoms with E-state index in [0.29, 0.717) is 0 Å². The second kappa shape index (κ2) is 8.89. The van der Waals surface area contributed by atoms with E-state index in [-0.39, 0.29) is 5.56 Å². The van der Waals surface area contributed by atoms with Crippen LogP contribution in [0, 0.1) is 10.1 Å². The number of nitro groups is 1. The van der Waals surface area contributed by atoms with E-state index in [1.165, 1.54) is 23.3 Å². The minimum absolute atomic E-state index is 0.275. The summed E-state index contributed by atoms with van der Waals surface area (Å²) in [6, 6.07) is 4.18. The molecule has 0 amide bonds. The van der Waals surface area contributed by atoms with E-state index >= 15 is 0 Å². The second-order valence-corrected chi connectivity index (χ2v) is 6.46. The maximum Gasteiger partial charge on any atom is 0.511 e. The monoisotopic (exact) mass is 470 g/mol. The maximum atomic E-state index is 13.9. The van der Waals surface area contributed by atoms with Gasteiger partial charge in [-0.25, -0.2) is 14.6 Å². The molecule has 2 aromatic rings. The van der Waals surface area contributed by atoms with Crippen LogP contribution in [0.4, 0.5) is 28.4 Å². The van der Waals surface area contributed by atoms with Crippen LogP contribution in [0.3, 0.4) is 0 Å². The Hall–Kier alpha value is -4.56. The molecule has 2 heterocycles. The van der Waals surface area contributed by atoms with Crippen molar-refractivity contribution in [3.8, 4) is 0 Å². The number of alkyl halides is 3. The molecule has 1 unspecified atom stereocenters. The van der Waals surface area contributed by atoms with Gasteiger partial charge in [-0.3, -0.25) is 10.1 Å². The molecule has 1 aliphatic rings. The first kappa shape index (κ1) is 23.1. The second-order valence-electron chi connectivity index (χ2n) is 6.46. The first-order chi connectivity index (χ1) is 15.5. The molecular weight excluding hydrogens is 457 g/mol. The summed E-state index contributed by atoms with van der Waals surface area (Å²) in [4.78, 5) is 36.7. The van der Waals surface area contributed by atoms with E-state index in [4.69, 9.17) is 9.84 Å². The van der Waals surface area contributed by atoms with Crippen LogP contribution < -0.4 is 5.32 Å². The van der Waals surface area contributed by atoms with Crippen molar-refractivity contribution in [1.29, 1.82) is 0 Å². The van der Waals surface area contributed by atoms with Crippen molar-refractivity contribution in [3.63, 3.8) is 0 Å². The first-order valence-electron chi connectivity index (χ1n) is 8.80. The van der Waals surface area contributed by atoms with Crippen LogP contribution in [-0.2, 0) is 16.0 Å². The Kier molecular flexibility index (Phi) is 6.23. The zero-order chi connectivity index (χ0) is 24.3. The van der Waals surface area contributed by atoms with Gasteiger partial charge in [0, 0.05) is 24.5 Å². The summed E-state index contributed by atoms with van der Waals surface area (Å²) in [5.74, 6) is -3.84. The van der Waals surface area contributed by atoms with Gasteiger partial charge in [-0.05, 0) is 5.56 Å². The average Bonchev–Trinajstić information content (AvgIpc) is 3.21. The highest BCUT2D eigenvalue weighted by atomic mass is 19.4. The van der Waals surface area contributed by atoms with Crippen LogP contribution in [0.5, 0.6) is 0 Å². The number of hydrogen-bond acceptors (Lipinski definition) is 8. The van der Waals surface area contributed by atoms with Crippen molar-refractivity contribution in [2.75, 3.05) is 0 Å². The van der Waals surface area contributed by atoms with E-state index in [0.717, 1.165) is 24.3 Å². The van der Waals surface area contributed by atoms with Crippen LogP contribution in [0.2, 0.25) is 0 Å². The predicted octanol–water partition coefficient (Wildman–Crippen LogP) is 3.55. The van der Waals surface area contributed by atoms with Gasteiger partial charge in [-0.15, -0.1) is 0 Å². The lowest BCUT2D eigenvalue weighted by molar-refractivity contribution is -0.384. The van der Waals surface area contributed by atoms with E-state index in [1.54, 1.807) is 0 Å². The van der Waals surface area contributed by atoms with Crippen LogP contribution in [-0.4, -0.2) is 43.2 Å². The van der Waals surface area contributed by atoms with Crippen LogP contribution >= 0.6 is 0 Å². The average molecular weight is 470 g/mol. The van der Waals surface area contributed by atoms with Crippen LogP contribution in [0.1, 0.15) is 11.5 Å². The zero-order valence-electron chi connectivity index (χ0n) is 16.1. The fourth-order valence-corrected chi connectivity index (χ4v) is 3.14. The van der Waals surface area contributed by atoms with Gasteiger partial charge in [0.05, 0.1) is 23.5 Å². The number of benzene rings is 1. The number of ether oxygens (including phenoxy) is 2. The third-order valence-corrected chi connectivity index (χ3v) is 4.34. The van der Waals surface area contributed by atoms with E-state index < -0.39 is 64.5 Å². The molecule has 174 valence electrons. The number of hydrogen-bond donors (Lipinski definition) is 3. The molecule has 12 nitrogen and oxygen atoms in total. The van der Waals surface area contributed by atoms with E-state index in [9.17, 15) is 38.0 Å². The minimum Gasteiger partial charge on any atom is -0.449 e. The van der Waals surface area contributed by atoms with Crippen molar-refractivity contribution in [2.45, 2.75) is 18.6 Å². The Morgan fingerprint density at radius 3 is 2.42 bits per heavy atom. The van der Waals surface area contributed by atoms with Crippen molar-refractivity contribution < 1.29 is 47.4 Å². The number of rotatable bonds is 6. The SMILES string of the molecule is O=C(O)OC1=C(Cn2ccnc2)NC(C(F)(F)F)=C(OC(=O)O)C1c1cccc([N+](=O)[O-])c1. The number of nitrogens with one attached hydrogen (secondary N) is 1. The van der Waals surface area contributed by atoms with Gasteiger partial charge in [0.15, 0.2) is 11.5 Å². The molecule has 33 heavy (non-hydrogen) atoms. The summed E-state index contributed by atoms with van der Waals surface area (Å²) < 4.78 is 52.1.